The molecule has 2 aromatic rings. The van der Waals surface area contributed by atoms with Crippen LogP contribution in [0.4, 0.5) is 5.13 Å². The average molecular weight is 321 g/mol. The topological polar surface area (TPSA) is 91.5 Å². The maximum Gasteiger partial charge on any atom is 0.197 e. The summed E-state index contributed by atoms with van der Waals surface area (Å²) in [5.74, 6) is 2.48. The molecule has 0 radical (unpaired) electrons. The molecule has 0 spiro atoms. The van der Waals surface area contributed by atoms with Gasteiger partial charge in [0.05, 0.1) is 13.1 Å². The number of aliphatic imine (C=N–C) groups is 1. The molecule has 3 N–H and O–H groups in total. The number of aromatic nitrogens is 1. The number of aldehydes is 1. The van der Waals surface area contributed by atoms with Crippen LogP contribution in [0.1, 0.15) is 12.7 Å². The average Bonchev–Trinajstić information content (AvgIpc) is 3.22. The Morgan fingerprint density at radius 1 is 1.50 bits per heavy atom. The van der Waals surface area contributed by atoms with Gasteiger partial charge in [0.25, 0.3) is 0 Å². The van der Waals surface area contributed by atoms with E-state index in [4.69, 9.17) is 9.21 Å². The van der Waals surface area contributed by atoms with E-state index in [-0.39, 0.29) is 0 Å². The predicted molar refractivity (Wildman–Crippen MR) is 88.2 cm³/mol. The second kappa shape index (κ2) is 8.30. The van der Waals surface area contributed by atoms with Gasteiger partial charge >= 0.3 is 0 Å². The smallest absolute Gasteiger partial charge is 0.197 e. The molecule has 0 fully saturated rings. The first-order valence-electron chi connectivity index (χ1n) is 6.91. The normalized spacial score (nSPS) is 12.9. The van der Waals surface area contributed by atoms with E-state index >= 15 is 0 Å². The number of thiazole rings is 1. The molecule has 0 aliphatic carbocycles. The highest BCUT2D eigenvalue weighted by atomic mass is 32.1. The van der Waals surface area contributed by atoms with Crippen molar-refractivity contribution in [3.8, 4) is 11.5 Å². The fourth-order valence-electron chi connectivity index (χ4n) is 1.81. The number of rotatable bonds is 4. The number of guanidine groups is 1. The molecule has 2 aromatic heterocycles. The van der Waals surface area contributed by atoms with Crippen molar-refractivity contribution >= 4 is 28.7 Å². The number of hydrogen-bond acceptors (Lipinski definition) is 8. The third-order valence-electron chi connectivity index (χ3n) is 2.67. The Balaban J connectivity index is 0.000000545. The predicted octanol–water partition coefficient (Wildman–Crippen LogP) is 1.70. The zero-order chi connectivity index (χ0) is 15.8. The van der Waals surface area contributed by atoms with Crippen LogP contribution in [0.15, 0.2) is 26.9 Å². The molecule has 1 aliphatic rings. The minimum Gasteiger partial charge on any atom is -0.458 e. The van der Waals surface area contributed by atoms with Crippen molar-refractivity contribution in [1.82, 2.24) is 15.6 Å². The molecule has 3 rings (SSSR count). The van der Waals surface area contributed by atoms with Crippen molar-refractivity contribution in [2.75, 3.05) is 25.5 Å². The Bertz CT molecular complexity index is 635. The van der Waals surface area contributed by atoms with Crippen molar-refractivity contribution in [3.05, 3.63) is 23.3 Å². The lowest BCUT2D eigenvalue weighted by Gasteiger charge is -2.00. The highest BCUT2D eigenvalue weighted by Gasteiger charge is 2.11. The third kappa shape index (κ3) is 4.40. The van der Waals surface area contributed by atoms with E-state index in [2.05, 4.69) is 25.9 Å². The van der Waals surface area contributed by atoms with Crippen LogP contribution in [0.5, 0.6) is 0 Å². The van der Waals surface area contributed by atoms with Crippen molar-refractivity contribution in [2.45, 2.75) is 13.5 Å². The fraction of sp³-hybridized carbons (Fsp3) is 0.357. The molecule has 3 heterocycles. The zero-order valence-electron chi connectivity index (χ0n) is 12.5. The van der Waals surface area contributed by atoms with Crippen molar-refractivity contribution in [3.63, 3.8) is 0 Å². The lowest BCUT2D eigenvalue weighted by molar-refractivity contribution is -0.106. The summed E-state index contributed by atoms with van der Waals surface area (Å²) in [6.45, 7) is 3.86. The van der Waals surface area contributed by atoms with Gasteiger partial charge in [0.1, 0.15) is 17.7 Å². The van der Waals surface area contributed by atoms with Crippen LogP contribution in [-0.4, -0.2) is 37.4 Å². The molecule has 0 atom stereocenters. The molecule has 0 aromatic carbocycles. The maximum absolute atomic E-state index is 8.81. The second-order valence-electron chi connectivity index (χ2n) is 4.35. The lowest BCUT2D eigenvalue weighted by Crippen LogP contribution is -2.26. The summed E-state index contributed by atoms with van der Waals surface area (Å²) in [5.41, 5.74) is 0.841. The Morgan fingerprint density at radius 2 is 2.32 bits per heavy atom. The first-order chi connectivity index (χ1) is 10.8. The van der Waals surface area contributed by atoms with Crippen LogP contribution in [0.3, 0.4) is 0 Å². The summed E-state index contributed by atoms with van der Waals surface area (Å²) in [5, 5.41) is 12.1. The Morgan fingerprint density at radius 3 is 3.00 bits per heavy atom. The van der Waals surface area contributed by atoms with E-state index in [9.17, 15) is 0 Å². The van der Waals surface area contributed by atoms with Crippen molar-refractivity contribution in [1.29, 1.82) is 0 Å². The highest BCUT2D eigenvalue weighted by Crippen LogP contribution is 2.26. The van der Waals surface area contributed by atoms with Gasteiger partial charge in [-0.15, -0.1) is 11.3 Å². The molecule has 0 amide bonds. The molecular weight excluding hydrogens is 302 g/mol. The van der Waals surface area contributed by atoms with Crippen molar-refractivity contribution in [2.24, 2.45) is 4.99 Å². The standard InChI is InChI=1S/C12H15N5OS.C2H4O/c1-13-6-8-2-3-10(18-8)9-7-19-12(16-9)17-11-14-4-5-15-11;1-2-3/h2-3,7,13H,4-6H2,1H3,(H2,14,15,16,17);2H,1H3. The van der Waals surface area contributed by atoms with Gasteiger partial charge in [0.15, 0.2) is 16.9 Å². The van der Waals surface area contributed by atoms with E-state index in [0.29, 0.717) is 0 Å². The molecule has 0 unspecified atom stereocenters. The number of anilines is 1. The summed E-state index contributed by atoms with van der Waals surface area (Å²) in [4.78, 5) is 17.6. The van der Waals surface area contributed by atoms with Gasteiger partial charge in [0, 0.05) is 11.9 Å². The second-order valence-corrected chi connectivity index (χ2v) is 5.21. The van der Waals surface area contributed by atoms with Crippen molar-refractivity contribution < 1.29 is 9.21 Å². The molecule has 22 heavy (non-hydrogen) atoms. The monoisotopic (exact) mass is 321 g/mol. The van der Waals surface area contributed by atoms with Gasteiger partial charge < -0.3 is 25.2 Å². The van der Waals surface area contributed by atoms with Crippen LogP contribution >= 0.6 is 11.3 Å². The maximum atomic E-state index is 8.81. The number of hydrogen-bond donors (Lipinski definition) is 3. The minimum absolute atomic E-state index is 0.718. The van der Waals surface area contributed by atoms with Gasteiger partial charge in [-0.2, -0.15) is 0 Å². The number of nitrogens with one attached hydrogen (secondary N) is 3. The molecule has 118 valence electrons. The van der Waals surface area contributed by atoms with Gasteiger partial charge in [-0.05, 0) is 26.1 Å². The molecule has 0 saturated heterocycles. The van der Waals surface area contributed by atoms with Crippen LogP contribution in [0.2, 0.25) is 0 Å². The highest BCUT2D eigenvalue weighted by molar-refractivity contribution is 7.14. The number of carbonyl (C=O) groups is 1. The molecule has 7 nitrogen and oxygen atoms in total. The summed E-state index contributed by atoms with van der Waals surface area (Å²) < 4.78 is 5.70. The van der Waals surface area contributed by atoms with Crippen LogP contribution in [0.25, 0.3) is 11.5 Å². The van der Waals surface area contributed by atoms with Crippen LogP contribution in [-0.2, 0) is 11.3 Å². The summed E-state index contributed by atoms with van der Waals surface area (Å²) in [7, 11) is 1.89. The third-order valence-corrected chi connectivity index (χ3v) is 3.43. The van der Waals surface area contributed by atoms with E-state index in [1.807, 2.05) is 24.6 Å². The first-order valence-corrected chi connectivity index (χ1v) is 7.79. The van der Waals surface area contributed by atoms with E-state index in [1.165, 1.54) is 18.3 Å². The first kappa shape index (κ1) is 16.2. The fourth-order valence-corrected chi connectivity index (χ4v) is 2.51. The number of furan rings is 1. The quantitative estimate of drug-likeness (QED) is 0.743. The van der Waals surface area contributed by atoms with E-state index < -0.39 is 0 Å². The Hall–Kier alpha value is -2.19. The van der Waals surface area contributed by atoms with Gasteiger partial charge in [-0.25, -0.2) is 4.98 Å². The van der Waals surface area contributed by atoms with Crippen LogP contribution < -0.4 is 16.0 Å². The van der Waals surface area contributed by atoms with E-state index in [1.54, 1.807) is 0 Å². The summed E-state index contributed by atoms with van der Waals surface area (Å²) in [6.07, 6.45) is 0.750. The van der Waals surface area contributed by atoms with Gasteiger partial charge in [0.2, 0.25) is 0 Å². The largest absolute Gasteiger partial charge is 0.458 e. The number of nitrogens with zero attached hydrogens (tertiary/aromatic N) is 2. The Labute approximate surface area is 132 Å². The molecule has 1 aliphatic heterocycles. The van der Waals surface area contributed by atoms with Crippen LogP contribution in [0, 0.1) is 0 Å². The molecule has 0 saturated carbocycles. The molecule has 8 heteroatoms. The summed E-state index contributed by atoms with van der Waals surface area (Å²) >= 11 is 1.54. The SMILES string of the molecule is CC=O.CNCc1ccc(-c2csc(NC3=NCCN3)n2)o1. The Kier molecular flexibility index (Phi) is 6.11. The summed E-state index contributed by atoms with van der Waals surface area (Å²) in [6, 6.07) is 3.90. The molecule has 0 bridgehead atoms. The lowest BCUT2D eigenvalue weighted by atomic mass is 10.3. The van der Waals surface area contributed by atoms with E-state index in [0.717, 1.165) is 54.2 Å². The molecular formula is C14H19N5O2S. The van der Waals surface area contributed by atoms with Gasteiger partial charge in [-0.3, -0.25) is 4.99 Å². The number of carbonyl (C=O) groups excluding carboxylic acids is 1. The van der Waals surface area contributed by atoms with Gasteiger partial charge in [-0.1, -0.05) is 0 Å². The zero-order valence-corrected chi connectivity index (χ0v) is 13.4. The minimum atomic E-state index is 0.718.